The molecule has 4 aromatic carbocycles. The molecule has 0 aliphatic heterocycles. The molecule has 0 aromatic heterocycles. The molecule has 2 fully saturated rings. The van der Waals surface area contributed by atoms with E-state index >= 15 is 0 Å². The van der Waals surface area contributed by atoms with Crippen LogP contribution in [-0.4, -0.2) is 0 Å². The number of hydrogen-bond acceptors (Lipinski definition) is 0. The van der Waals surface area contributed by atoms with Crippen LogP contribution < -0.4 is 0 Å². The molecule has 0 bridgehead atoms. The molecule has 0 N–H and O–H groups in total. The van der Waals surface area contributed by atoms with Crippen LogP contribution in [0.1, 0.15) is 72.9 Å². The van der Waals surface area contributed by atoms with Gasteiger partial charge in [0, 0.05) is 32.5 Å². The Bertz CT molecular complexity index is 2480. The van der Waals surface area contributed by atoms with Crippen molar-refractivity contribution in [2.24, 2.45) is 49.7 Å². The number of rotatable bonds is 4. The van der Waals surface area contributed by atoms with Crippen LogP contribution in [0.4, 0.5) is 0 Å². The summed E-state index contributed by atoms with van der Waals surface area (Å²) in [6, 6.07) is 32.9. The van der Waals surface area contributed by atoms with Crippen LogP contribution in [0.5, 0.6) is 0 Å². The monoisotopic (exact) mass is 716 g/mol. The van der Waals surface area contributed by atoms with E-state index in [1.807, 2.05) is 0 Å². The second-order valence-electron chi connectivity index (χ2n) is 19.3. The Hall–Kier alpha value is -4.68. The van der Waals surface area contributed by atoms with Crippen LogP contribution in [-0.2, 0) is 5.41 Å². The van der Waals surface area contributed by atoms with Crippen LogP contribution in [0, 0.1) is 49.7 Å². The van der Waals surface area contributed by atoms with Gasteiger partial charge in [0.25, 0.3) is 0 Å². The molecule has 0 spiro atoms. The summed E-state index contributed by atoms with van der Waals surface area (Å²) in [5.74, 6) is 0.412. The highest BCUT2D eigenvalue weighted by atomic mass is 14.9. The zero-order valence-electron chi connectivity index (χ0n) is 34.0. The molecule has 6 aliphatic rings. The molecule has 0 radical (unpaired) electrons. The van der Waals surface area contributed by atoms with Gasteiger partial charge < -0.3 is 0 Å². The first-order valence-electron chi connectivity index (χ1n) is 20.7. The Morgan fingerprint density at radius 3 is 1.58 bits per heavy atom. The van der Waals surface area contributed by atoms with Crippen LogP contribution >= 0.6 is 0 Å². The van der Waals surface area contributed by atoms with E-state index in [1.54, 1.807) is 0 Å². The minimum absolute atomic E-state index is 0.161. The van der Waals surface area contributed by atoms with Gasteiger partial charge in [0.15, 0.2) is 0 Å². The van der Waals surface area contributed by atoms with Gasteiger partial charge in [0.1, 0.15) is 0 Å². The molecular weight excluding hydrogens is 661 g/mol. The fourth-order valence-electron chi connectivity index (χ4n) is 15.2. The summed E-state index contributed by atoms with van der Waals surface area (Å²) in [5.41, 5.74) is 3.95. The van der Waals surface area contributed by atoms with E-state index in [4.69, 9.17) is 0 Å². The van der Waals surface area contributed by atoms with Gasteiger partial charge in [0.2, 0.25) is 0 Å². The van der Waals surface area contributed by atoms with Gasteiger partial charge in [-0.15, -0.1) is 0 Å². The fraction of sp³-hybridized carbons (Fsp3) is 0.345. The second-order valence-corrected chi connectivity index (χ2v) is 19.3. The van der Waals surface area contributed by atoms with Gasteiger partial charge in [-0.25, -0.2) is 0 Å². The third-order valence-electron chi connectivity index (χ3n) is 18.7. The molecule has 2 saturated carbocycles. The lowest BCUT2D eigenvalue weighted by Gasteiger charge is -2.80. The summed E-state index contributed by atoms with van der Waals surface area (Å²) in [6.45, 7) is 21.2. The lowest BCUT2D eigenvalue weighted by molar-refractivity contribution is -0.275. The first-order valence-corrected chi connectivity index (χ1v) is 20.7. The predicted octanol–water partition coefficient (Wildman–Crippen LogP) is 14.2. The van der Waals surface area contributed by atoms with Crippen molar-refractivity contribution in [1.29, 1.82) is 0 Å². The molecule has 9 unspecified atom stereocenters. The zero-order chi connectivity index (χ0) is 38.3. The van der Waals surface area contributed by atoms with E-state index in [0.29, 0.717) is 0 Å². The number of allylic oxidation sites excluding steroid dienone is 16. The quantitative estimate of drug-likeness (QED) is 0.197. The van der Waals surface area contributed by atoms with Crippen molar-refractivity contribution in [1.82, 2.24) is 0 Å². The number of fused-ring (bicyclic) bond motifs is 10. The number of hydrogen-bond donors (Lipinski definition) is 0. The molecule has 276 valence electrons. The maximum Gasteiger partial charge on any atom is 0.0457 e. The smallest absolute Gasteiger partial charge is 0.0457 e. The van der Waals surface area contributed by atoms with Gasteiger partial charge in [0.05, 0.1) is 0 Å². The molecule has 0 heteroatoms. The maximum absolute atomic E-state index is 2.78. The van der Waals surface area contributed by atoms with Crippen molar-refractivity contribution in [2.45, 2.75) is 67.2 Å². The molecule has 0 heterocycles. The van der Waals surface area contributed by atoms with E-state index in [0.717, 1.165) is 6.42 Å². The molecule has 0 nitrogen and oxygen atoms in total. The maximum atomic E-state index is 2.78. The molecular formula is C55H56. The van der Waals surface area contributed by atoms with Crippen molar-refractivity contribution < 1.29 is 0 Å². The Morgan fingerprint density at radius 2 is 1.04 bits per heavy atom. The molecule has 0 saturated heterocycles. The SMILES string of the molecule is CC1=CC=CC2C(C(C3=CC=CC3)(c3ccc4ccccc4c3)c3ccc4ccccc4c3)C3(C)C4(C)C=CC=CC4(C)C4(C)C=CC=CC4(C)C3(C)C12C. The minimum atomic E-state index is -0.463. The van der Waals surface area contributed by atoms with E-state index in [9.17, 15) is 0 Å². The van der Waals surface area contributed by atoms with Gasteiger partial charge in [-0.1, -0.05) is 217 Å². The minimum Gasteiger partial charge on any atom is -0.0804 e. The molecule has 4 aromatic rings. The van der Waals surface area contributed by atoms with Crippen molar-refractivity contribution in [3.63, 3.8) is 0 Å². The number of benzene rings is 4. The Labute approximate surface area is 329 Å². The molecule has 9 atom stereocenters. The van der Waals surface area contributed by atoms with E-state index in [2.05, 4.69) is 225 Å². The van der Waals surface area contributed by atoms with E-state index in [-0.39, 0.29) is 49.7 Å². The summed E-state index contributed by atoms with van der Waals surface area (Å²) >= 11 is 0. The topological polar surface area (TPSA) is 0 Å². The highest BCUT2D eigenvalue weighted by Gasteiger charge is 2.88. The van der Waals surface area contributed by atoms with Crippen molar-refractivity contribution >= 4 is 21.5 Å². The van der Waals surface area contributed by atoms with Gasteiger partial charge in [-0.05, 0) is 80.8 Å². The molecule has 55 heavy (non-hydrogen) atoms. The zero-order valence-corrected chi connectivity index (χ0v) is 34.0. The first-order chi connectivity index (χ1) is 26.3. The van der Waals surface area contributed by atoms with Crippen LogP contribution in [0.15, 0.2) is 181 Å². The van der Waals surface area contributed by atoms with Gasteiger partial charge in [-0.3, -0.25) is 0 Å². The Balaban J connectivity index is 1.43. The second kappa shape index (κ2) is 11.0. The largest absolute Gasteiger partial charge is 0.0804 e. The van der Waals surface area contributed by atoms with Crippen molar-refractivity contribution in [3.05, 3.63) is 192 Å². The summed E-state index contributed by atoms with van der Waals surface area (Å²) in [5, 5.41) is 5.20. The van der Waals surface area contributed by atoms with E-state index in [1.165, 1.54) is 43.8 Å². The highest BCUT2D eigenvalue weighted by molar-refractivity contribution is 5.86. The fourth-order valence-corrected chi connectivity index (χ4v) is 15.2. The summed E-state index contributed by atoms with van der Waals surface area (Å²) < 4.78 is 0. The standard InChI is InChI=1S/C55H56/c1-38-20-19-27-46-47(53(7)50(4)34-17-15-32-48(50,2)49(3)33-16-18-35-51(49,5)54(53,8)52(38,46)6)55(43-25-13-14-26-43,44-30-28-39-21-9-11-23-41(39)36-44)45-31-29-40-22-10-12-24-42(40)37-45/h9-25,27-37,46-47H,26H2,1-8H3. The molecule has 6 aliphatic carbocycles. The average molecular weight is 717 g/mol. The Morgan fingerprint density at radius 1 is 0.527 bits per heavy atom. The van der Waals surface area contributed by atoms with Crippen molar-refractivity contribution in [3.8, 4) is 0 Å². The van der Waals surface area contributed by atoms with Gasteiger partial charge >= 0.3 is 0 Å². The van der Waals surface area contributed by atoms with E-state index < -0.39 is 5.41 Å². The normalized spacial score (nSPS) is 39.5. The third kappa shape index (κ3) is 3.59. The third-order valence-corrected chi connectivity index (χ3v) is 18.7. The van der Waals surface area contributed by atoms with Crippen LogP contribution in [0.25, 0.3) is 21.5 Å². The molecule has 10 rings (SSSR count). The molecule has 0 amide bonds. The summed E-state index contributed by atoms with van der Waals surface area (Å²) in [6.07, 6.45) is 35.8. The lowest BCUT2D eigenvalue weighted by atomic mass is 9.22. The lowest BCUT2D eigenvalue weighted by Crippen LogP contribution is -2.76. The Kier molecular flexibility index (Phi) is 6.96. The van der Waals surface area contributed by atoms with Crippen LogP contribution in [0.2, 0.25) is 0 Å². The van der Waals surface area contributed by atoms with Gasteiger partial charge in [-0.2, -0.15) is 0 Å². The summed E-state index contributed by atoms with van der Waals surface area (Å²) in [4.78, 5) is 0. The predicted molar refractivity (Wildman–Crippen MR) is 234 cm³/mol. The first kappa shape index (κ1) is 34.8. The van der Waals surface area contributed by atoms with Crippen LogP contribution in [0.3, 0.4) is 0 Å². The average Bonchev–Trinajstić information content (AvgIpc) is 3.79. The highest BCUT2D eigenvalue weighted by Crippen LogP contribution is 2.92. The van der Waals surface area contributed by atoms with Crippen molar-refractivity contribution in [2.75, 3.05) is 0 Å². The summed E-state index contributed by atoms with van der Waals surface area (Å²) in [7, 11) is 0.